The Morgan fingerprint density at radius 2 is 2.00 bits per heavy atom. The highest BCUT2D eigenvalue weighted by atomic mass is 16.5. The van der Waals surface area contributed by atoms with Gasteiger partial charge in [-0.2, -0.15) is 0 Å². The first-order valence-corrected chi connectivity index (χ1v) is 7.69. The van der Waals surface area contributed by atoms with Crippen molar-refractivity contribution in [1.29, 1.82) is 0 Å². The van der Waals surface area contributed by atoms with E-state index in [0.29, 0.717) is 5.92 Å². The second kappa shape index (κ2) is 5.52. The Labute approximate surface area is 121 Å². The zero-order valence-electron chi connectivity index (χ0n) is 12.7. The summed E-state index contributed by atoms with van der Waals surface area (Å²) in [6, 6.07) is 4.56. The van der Waals surface area contributed by atoms with Gasteiger partial charge in [-0.25, -0.2) is 0 Å². The summed E-state index contributed by atoms with van der Waals surface area (Å²) in [5.74, 6) is 1.57. The predicted octanol–water partition coefficient (Wildman–Crippen LogP) is 2.41. The van der Waals surface area contributed by atoms with Crippen molar-refractivity contribution in [2.24, 2.45) is 0 Å². The number of nitrogens with zero attached hydrogens (tertiary/aromatic N) is 1. The molecule has 0 radical (unpaired) electrons. The first-order chi connectivity index (χ1) is 9.65. The van der Waals surface area contributed by atoms with E-state index in [1.54, 1.807) is 0 Å². The molecule has 1 saturated heterocycles. The maximum Gasteiger partial charge on any atom is 0.166 e. The standard InChI is InChI=1S/C16H25N3O/c1-11(2)13-8-14-16(20-12(3)10-18-14)15(9-13)19-6-4-17-5-7-19/h8-9,11-12,17-18H,4-7,10H2,1-3H3. The molecule has 20 heavy (non-hydrogen) atoms. The van der Waals surface area contributed by atoms with Crippen LogP contribution in [0.5, 0.6) is 5.75 Å². The first-order valence-electron chi connectivity index (χ1n) is 7.69. The highest BCUT2D eigenvalue weighted by molar-refractivity contribution is 5.75. The molecule has 2 N–H and O–H groups in total. The molecule has 4 heteroatoms. The molecule has 1 fully saturated rings. The fourth-order valence-corrected chi connectivity index (χ4v) is 2.86. The highest BCUT2D eigenvalue weighted by Gasteiger charge is 2.24. The molecular weight excluding hydrogens is 250 g/mol. The van der Waals surface area contributed by atoms with Crippen LogP contribution in [-0.2, 0) is 0 Å². The van der Waals surface area contributed by atoms with E-state index in [1.165, 1.54) is 11.3 Å². The van der Waals surface area contributed by atoms with E-state index in [2.05, 4.69) is 48.4 Å². The maximum absolute atomic E-state index is 6.13. The Balaban J connectivity index is 2.02. The lowest BCUT2D eigenvalue weighted by molar-refractivity contribution is 0.226. The molecule has 0 aromatic heterocycles. The van der Waals surface area contributed by atoms with Gasteiger partial charge in [0.25, 0.3) is 0 Å². The van der Waals surface area contributed by atoms with Crippen LogP contribution in [0.4, 0.5) is 11.4 Å². The van der Waals surface area contributed by atoms with Crippen molar-refractivity contribution in [3.63, 3.8) is 0 Å². The molecule has 3 rings (SSSR count). The SMILES string of the molecule is CC1CNc2cc(C(C)C)cc(N3CCNCC3)c2O1. The molecule has 4 nitrogen and oxygen atoms in total. The van der Waals surface area contributed by atoms with Gasteiger partial charge in [-0.1, -0.05) is 13.8 Å². The van der Waals surface area contributed by atoms with Crippen LogP contribution < -0.4 is 20.3 Å². The molecule has 110 valence electrons. The predicted molar refractivity (Wildman–Crippen MR) is 84.2 cm³/mol. The third-order valence-electron chi connectivity index (χ3n) is 4.12. The zero-order chi connectivity index (χ0) is 14.1. The van der Waals surface area contributed by atoms with E-state index >= 15 is 0 Å². The van der Waals surface area contributed by atoms with E-state index in [4.69, 9.17) is 4.74 Å². The molecule has 1 atom stereocenters. The molecule has 2 aliphatic rings. The molecule has 1 unspecified atom stereocenters. The molecular formula is C16H25N3O. The average Bonchev–Trinajstić information content (AvgIpc) is 2.47. The fraction of sp³-hybridized carbons (Fsp3) is 0.625. The molecule has 2 heterocycles. The Morgan fingerprint density at radius 1 is 1.25 bits per heavy atom. The summed E-state index contributed by atoms with van der Waals surface area (Å²) >= 11 is 0. The van der Waals surface area contributed by atoms with Gasteiger partial charge in [0.15, 0.2) is 5.75 Å². The molecule has 0 bridgehead atoms. The van der Waals surface area contributed by atoms with Crippen LogP contribution in [0, 0.1) is 0 Å². The van der Waals surface area contributed by atoms with Gasteiger partial charge >= 0.3 is 0 Å². The number of hydrogen-bond acceptors (Lipinski definition) is 4. The Bertz CT molecular complexity index is 481. The van der Waals surface area contributed by atoms with Crippen molar-refractivity contribution in [1.82, 2.24) is 5.32 Å². The minimum absolute atomic E-state index is 0.231. The van der Waals surface area contributed by atoms with E-state index in [0.717, 1.165) is 44.2 Å². The number of ether oxygens (including phenoxy) is 1. The molecule has 0 amide bonds. The topological polar surface area (TPSA) is 36.5 Å². The smallest absolute Gasteiger partial charge is 0.166 e. The van der Waals surface area contributed by atoms with Crippen molar-refractivity contribution in [3.05, 3.63) is 17.7 Å². The minimum atomic E-state index is 0.231. The number of nitrogens with one attached hydrogen (secondary N) is 2. The Morgan fingerprint density at radius 3 is 2.70 bits per heavy atom. The van der Waals surface area contributed by atoms with Crippen molar-refractivity contribution < 1.29 is 4.74 Å². The molecule has 1 aromatic rings. The van der Waals surface area contributed by atoms with Crippen LogP contribution in [0.25, 0.3) is 0 Å². The maximum atomic E-state index is 6.13. The molecule has 0 saturated carbocycles. The van der Waals surface area contributed by atoms with Gasteiger partial charge < -0.3 is 20.3 Å². The van der Waals surface area contributed by atoms with Gasteiger partial charge in [0, 0.05) is 26.2 Å². The average molecular weight is 275 g/mol. The summed E-state index contributed by atoms with van der Waals surface area (Å²) in [7, 11) is 0. The number of anilines is 2. The summed E-state index contributed by atoms with van der Waals surface area (Å²) in [6.45, 7) is 11.7. The van der Waals surface area contributed by atoms with Crippen molar-refractivity contribution >= 4 is 11.4 Å². The van der Waals surface area contributed by atoms with Gasteiger partial charge in [-0.15, -0.1) is 0 Å². The lowest BCUT2D eigenvalue weighted by atomic mass is 10.00. The van der Waals surface area contributed by atoms with Gasteiger partial charge in [0.2, 0.25) is 0 Å². The van der Waals surface area contributed by atoms with Crippen LogP contribution in [0.15, 0.2) is 12.1 Å². The number of hydrogen-bond donors (Lipinski definition) is 2. The number of fused-ring (bicyclic) bond motifs is 1. The van der Waals surface area contributed by atoms with Crippen LogP contribution in [0.1, 0.15) is 32.3 Å². The second-order valence-electron chi connectivity index (χ2n) is 6.12. The third kappa shape index (κ3) is 2.57. The van der Waals surface area contributed by atoms with Gasteiger partial charge in [0.1, 0.15) is 6.10 Å². The summed E-state index contributed by atoms with van der Waals surface area (Å²) in [4.78, 5) is 2.45. The quantitative estimate of drug-likeness (QED) is 0.869. The van der Waals surface area contributed by atoms with E-state index in [-0.39, 0.29) is 6.10 Å². The largest absolute Gasteiger partial charge is 0.485 e. The van der Waals surface area contributed by atoms with E-state index < -0.39 is 0 Å². The lowest BCUT2D eigenvalue weighted by Gasteiger charge is -2.35. The van der Waals surface area contributed by atoms with E-state index in [1.807, 2.05) is 0 Å². The van der Waals surface area contributed by atoms with Gasteiger partial charge in [0.05, 0.1) is 17.9 Å². The van der Waals surface area contributed by atoms with Crippen LogP contribution in [0.3, 0.4) is 0 Å². The second-order valence-corrected chi connectivity index (χ2v) is 6.12. The molecule has 0 aliphatic carbocycles. The third-order valence-corrected chi connectivity index (χ3v) is 4.12. The fourth-order valence-electron chi connectivity index (χ4n) is 2.86. The normalized spacial score (nSPS) is 22.2. The Kier molecular flexibility index (Phi) is 3.74. The Hall–Kier alpha value is -1.42. The minimum Gasteiger partial charge on any atom is -0.485 e. The number of benzene rings is 1. The lowest BCUT2D eigenvalue weighted by Crippen LogP contribution is -2.44. The monoisotopic (exact) mass is 275 g/mol. The first kappa shape index (κ1) is 13.6. The van der Waals surface area contributed by atoms with Gasteiger partial charge in [-0.05, 0) is 30.5 Å². The summed E-state index contributed by atoms with van der Waals surface area (Å²) < 4.78 is 6.13. The highest BCUT2D eigenvalue weighted by Crippen LogP contribution is 2.41. The van der Waals surface area contributed by atoms with Crippen molar-refractivity contribution in [2.45, 2.75) is 32.8 Å². The number of piperazine rings is 1. The summed E-state index contributed by atoms with van der Waals surface area (Å²) in [5.41, 5.74) is 3.79. The van der Waals surface area contributed by atoms with Crippen molar-refractivity contribution in [2.75, 3.05) is 42.9 Å². The van der Waals surface area contributed by atoms with E-state index in [9.17, 15) is 0 Å². The summed E-state index contributed by atoms with van der Waals surface area (Å²) in [6.07, 6.45) is 0.231. The molecule has 1 aromatic carbocycles. The van der Waals surface area contributed by atoms with Gasteiger partial charge in [-0.3, -0.25) is 0 Å². The molecule has 2 aliphatic heterocycles. The molecule has 0 spiro atoms. The van der Waals surface area contributed by atoms with Crippen LogP contribution >= 0.6 is 0 Å². The zero-order valence-corrected chi connectivity index (χ0v) is 12.7. The van der Waals surface area contributed by atoms with Crippen molar-refractivity contribution in [3.8, 4) is 5.75 Å². The van der Waals surface area contributed by atoms with Crippen LogP contribution in [0.2, 0.25) is 0 Å². The summed E-state index contributed by atoms with van der Waals surface area (Å²) in [5, 5.41) is 6.93. The van der Waals surface area contributed by atoms with Crippen LogP contribution in [-0.4, -0.2) is 38.8 Å². The number of rotatable bonds is 2.